The normalized spacial score (nSPS) is 14.9. The van der Waals surface area contributed by atoms with Gasteiger partial charge in [-0.2, -0.15) is 0 Å². The van der Waals surface area contributed by atoms with Crippen LogP contribution in [0.4, 0.5) is 9.18 Å². The first-order valence-corrected chi connectivity index (χ1v) is 11.8. The zero-order chi connectivity index (χ0) is 22.9. The van der Waals surface area contributed by atoms with Gasteiger partial charge in [-0.1, -0.05) is 6.07 Å². The number of ether oxygens (including phenoxy) is 1. The third kappa shape index (κ3) is 5.18. The van der Waals surface area contributed by atoms with Crippen molar-refractivity contribution in [2.75, 3.05) is 31.9 Å². The van der Waals surface area contributed by atoms with E-state index in [2.05, 4.69) is 0 Å². The number of benzene rings is 2. The van der Waals surface area contributed by atoms with E-state index >= 15 is 0 Å². The van der Waals surface area contributed by atoms with Crippen LogP contribution in [0.3, 0.4) is 0 Å². The number of amides is 2. The van der Waals surface area contributed by atoms with Crippen LogP contribution in [0.5, 0.6) is 0 Å². The molecule has 8 heteroatoms. The average Bonchev–Trinajstić information content (AvgIpc) is 3.10. The van der Waals surface area contributed by atoms with Crippen LogP contribution in [-0.4, -0.2) is 59.3 Å². The van der Waals surface area contributed by atoms with Crippen molar-refractivity contribution in [1.29, 1.82) is 0 Å². The summed E-state index contributed by atoms with van der Waals surface area (Å²) < 4.78 is 24.8. The number of fused-ring (bicyclic) bond motifs is 3. The maximum atomic E-state index is 13.6. The largest absolute Gasteiger partial charge is 0.456 e. The predicted octanol–water partition coefficient (Wildman–Crippen LogP) is 5.04. The summed E-state index contributed by atoms with van der Waals surface area (Å²) in [6.07, 6.45) is -0.332. The standard InChI is InChI=1S/C24H27FN2O4S/c1-24(2,3)31-23(29)27-10-8-26(9-11-27)22(28)15-32-14-16-4-6-20-18(12-16)19-13-17(25)5-7-21(19)30-20/h4-7,12-13H,8-11,14-15H2,1-3H3. The van der Waals surface area contributed by atoms with Crippen molar-refractivity contribution in [2.45, 2.75) is 32.1 Å². The summed E-state index contributed by atoms with van der Waals surface area (Å²) in [6, 6.07) is 10.4. The van der Waals surface area contributed by atoms with Gasteiger partial charge in [0.2, 0.25) is 5.91 Å². The number of furan rings is 1. The summed E-state index contributed by atoms with van der Waals surface area (Å²) in [5.74, 6) is 0.806. The molecular weight excluding hydrogens is 431 g/mol. The highest BCUT2D eigenvalue weighted by molar-refractivity contribution is 7.99. The summed E-state index contributed by atoms with van der Waals surface area (Å²) in [6.45, 7) is 7.50. The Balaban J connectivity index is 1.29. The maximum absolute atomic E-state index is 13.6. The first-order valence-electron chi connectivity index (χ1n) is 10.6. The Morgan fingerprint density at radius 3 is 2.31 bits per heavy atom. The van der Waals surface area contributed by atoms with Gasteiger partial charge >= 0.3 is 6.09 Å². The van der Waals surface area contributed by atoms with Crippen molar-refractivity contribution in [3.8, 4) is 0 Å². The molecule has 0 bridgehead atoms. The topological polar surface area (TPSA) is 63.0 Å². The number of carbonyl (C=O) groups excluding carboxylic acids is 2. The van der Waals surface area contributed by atoms with Gasteiger partial charge in [0.1, 0.15) is 22.6 Å². The van der Waals surface area contributed by atoms with Crippen molar-refractivity contribution in [3.63, 3.8) is 0 Å². The van der Waals surface area contributed by atoms with Gasteiger partial charge in [-0.05, 0) is 56.7 Å². The number of hydrogen-bond acceptors (Lipinski definition) is 5. The minimum absolute atomic E-state index is 0.0655. The number of piperazine rings is 1. The number of rotatable bonds is 4. The summed E-state index contributed by atoms with van der Waals surface area (Å²) in [4.78, 5) is 28.2. The lowest BCUT2D eigenvalue weighted by atomic mass is 10.1. The van der Waals surface area contributed by atoms with Crippen LogP contribution in [0, 0.1) is 5.82 Å². The molecule has 0 spiro atoms. The van der Waals surface area contributed by atoms with E-state index in [0.717, 1.165) is 21.9 Å². The molecule has 32 heavy (non-hydrogen) atoms. The molecule has 170 valence electrons. The fourth-order valence-corrected chi connectivity index (χ4v) is 4.57. The SMILES string of the molecule is CC(C)(C)OC(=O)N1CCN(C(=O)CSCc2ccc3oc4ccc(F)cc4c3c2)CC1. The van der Waals surface area contributed by atoms with E-state index in [1.165, 1.54) is 12.1 Å². The lowest BCUT2D eigenvalue weighted by molar-refractivity contribution is -0.130. The van der Waals surface area contributed by atoms with Gasteiger partial charge in [0.05, 0.1) is 5.75 Å². The Labute approximate surface area is 190 Å². The van der Waals surface area contributed by atoms with Crippen molar-refractivity contribution < 1.29 is 23.1 Å². The third-order valence-corrected chi connectivity index (χ3v) is 6.26. The van der Waals surface area contributed by atoms with Crippen molar-refractivity contribution >= 4 is 45.7 Å². The van der Waals surface area contributed by atoms with E-state index in [9.17, 15) is 14.0 Å². The Morgan fingerprint density at radius 1 is 1.00 bits per heavy atom. The molecule has 0 atom stereocenters. The third-order valence-electron chi connectivity index (χ3n) is 5.27. The van der Waals surface area contributed by atoms with Gasteiger partial charge in [-0.3, -0.25) is 4.79 Å². The molecule has 1 fully saturated rings. The zero-order valence-electron chi connectivity index (χ0n) is 18.5. The molecule has 2 aromatic carbocycles. The molecule has 0 saturated carbocycles. The fourth-order valence-electron chi connectivity index (χ4n) is 3.70. The summed E-state index contributed by atoms with van der Waals surface area (Å²) in [5.41, 5.74) is 1.91. The number of carbonyl (C=O) groups is 2. The molecule has 0 unspecified atom stereocenters. The van der Waals surface area contributed by atoms with E-state index < -0.39 is 5.60 Å². The highest BCUT2D eigenvalue weighted by Crippen LogP contribution is 2.30. The quantitative estimate of drug-likeness (QED) is 0.548. The maximum Gasteiger partial charge on any atom is 0.410 e. The second-order valence-electron chi connectivity index (χ2n) is 8.91. The summed E-state index contributed by atoms with van der Waals surface area (Å²) >= 11 is 1.54. The molecule has 0 radical (unpaired) electrons. The molecule has 3 aromatic rings. The molecule has 2 amide bonds. The van der Waals surface area contributed by atoms with Crippen LogP contribution in [0.1, 0.15) is 26.3 Å². The predicted molar refractivity (Wildman–Crippen MR) is 124 cm³/mol. The highest BCUT2D eigenvalue weighted by Gasteiger charge is 2.27. The molecule has 0 N–H and O–H groups in total. The zero-order valence-corrected chi connectivity index (χ0v) is 19.3. The minimum Gasteiger partial charge on any atom is -0.456 e. The molecule has 1 aliphatic heterocycles. The van der Waals surface area contributed by atoms with E-state index in [4.69, 9.17) is 9.15 Å². The van der Waals surface area contributed by atoms with Gasteiger partial charge in [-0.25, -0.2) is 9.18 Å². The van der Waals surface area contributed by atoms with Crippen LogP contribution in [-0.2, 0) is 15.3 Å². The van der Waals surface area contributed by atoms with Crippen molar-refractivity contribution in [1.82, 2.24) is 9.80 Å². The minimum atomic E-state index is -0.527. The molecule has 6 nitrogen and oxygen atoms in total. The molecule has 1 aromatic heterocycles. The number of nitrogens with zero attached hydrogens (tertiary/aromatic N) is 2. The van der Waals surface area contributed by atoms with Crippen molar-refractivity contribution in [2.24, 2.45) is 0 Å². The molecule has 1 aliphatic rings. The van der Waals surface area contributed by atoms with Gasteiger partial charge in [-0.15, -0.1) is 11.8 Å². The van der Waals surface area contributed by atoms with E-state index in [1.807, 2.05) is 39.0 Å². The number of halogens is 1. The Morgan fingerprint density at radius 2 is 1.62 bits per heavy atom. The summed E-state index contributed by atoms with van der Waals surface area (Å²) in [5, 5.41) is 1.63. The lowest BCUT2D eigenvalue weighted by Gasteiger charge is -2.35. The van der Waals surface area contributed by atoms with E-state index in [1.54, 1.807) is 27.6 Å². The van der Waals surface area contributed by atoms with E-state index in [0.29, 0.717) is 43.3 Å². The lowest BCUT2D eigenvalue weighted by Crippen LogP contribution is -2.52. The molecule has 2 heterocycles. The monoisotopic (exact) mass is 458 g/mol. The molecular formula is C24H27FN2O4S. The van der Waals surface area contributed by atoms with Crippen LogP contribution in [0.25, 0.3) is 21.9 Å². The van der Waals surface area contributed by atoms with Crippen molar-refractivity contribution in [3.05, 3.63) is 47.8 Å². The highest BCUT2D eigenvalue weighted by atomic mass is 32.2. The Kier molecular flexibility index (Phi) is 6.33. The van der Waals surface area contributed by atoms with Crippen LogP contribution in [0.15, 0.2) is 40.8 Å². The fraction of sp³-hybridized carbons (Fsp3) is 0.417. The van der Waals surface area contributed by atoms with Gasteiger partial charge < -0.3 is 19.0 Å². The second kappa shape index (κ2) is 9.02. The van der Waals surface area contributed by atoms with Crippen LogP contribution >= 0.6 is 11.8 Å². The Bertz CT molecular complexity index is 1150. The first-order chi connectivity index (χ1) is 15.2. The number of thioether (sulfide) groups is 1. The van der Waals surface area contributed by atoms with Crippen LogP contribution < -0.4 is 0 Å². The van der Waals surface area contributed by atoms with E-state index in [-0.39, 0.29) is 17.8 Å². The Hall–Kier alpha value is -2.74. The van der Waals surface area contributed by atoms with Gasteiger partial charge in [0.25, 0.3) is 0 Å². The molecule has 0 aliphatic carbocycles. The van der Waals surface area contributed by atoms with Gasteiger partial charge in [0.15, 0.2) is 0 Å². The molecule has 1 saturated heterocycles. The smallest absolute Gasteiger partial charge is 0.410 e. The first kappa shape index (κ1) is 22.5. The molecule has 4 rings (SSSR count). The van der Waals surface area contributed by atoms with Gasteiger partial charge in [0, 0.05) is 42.7 Å². The second-order valence-corrected chi connectivity index (χ2v) is 9.90. The number of hydrogen-bond donors (Lipinski definition) is 0. The summed E-state index contributed by atoms with van der Waals surface area (Å²) in [7, 11) is 0. The van der Waals surface area contributed by atoms with Crippen LogP contribution in [0.2, 0.25) is 0 Å². The average molecular weight is 459 g/mol.